The second-order valence-electron chi connectivity index (χ2n) is 4.39. The number of benzene rings is 1. The molecule has 2 atom stereocenters. The SMILES string of the molecule is CCOc1ccc(C2CC(=O)NC2CC)cc1. The first kappa shape index (κ1) is 12.0. The summed E-state index contributed by atoms with van der Waals surface area (Å²) in [4.78, 5) is 11.4. The number of hydrogen-bond acceptors (Lipinski definition) is 2. The molecule has 17 heavy (non-hydrogen) atoms. The lowest BCUT2D eigenvalue weighted by Gasteiger charge is -2.17. The van der Waals surface area contributed by atoms with E-state index >= 15 is 0 Å². The average Bonchev–Trinajstić information content (AvgIpc) is 2.72. The highest BCUT2D eigenvalue weighted by Gasteiger charge is 2.31. The van der Waals surface area contributed by atoms with Gasteiger partial charge in [-0.25, -0.2) is 0 Å². The van der Waals surface area contributed by atoms with E-state index in [9.17, 15) is 4.79 Å². The summed E-state index contributed by atoms with van der Waals surface area (Å²) in [7, 11) is 0. The first-order chi connectivity index (χ1) is 8.24. The van der Waals surface area contributed by atoms with E-state index in [-0.39, 0.29) is 11.9 Å². The summed E-state index contributed by atoms with van der Waals surface area (Å²) >= 11 is 0. The van der Waals surface area contributed by atoms with E-state index in [1.165, 1.54) is 5.56 Å². The number of carbonyl (C=O) groups excluding carboxylic acids is 1. The molecule has 0 spiro atoms. The summed E-state index contributed by atoms with van der Waals surface area (Å²) in [6.45, 7) is 4.76. The van der Waals surface area contributed by atoms with Crippen molar-refractivity contribution in [2.75, 3.05) is 6.61 Å². The third-order valence-electron chi connectivity index (χ3n) is 3.30. The average molecular weight is 233 g/mol. The molecule has 1 fully saturated rings. The van der Waals surface area contributed by atoms with Gasteiger partial charge in [0.1, 0.15) is 5.75 Å². The van der Waals surface area contributed by atoms with Crippen LogP contribution in [0.4, 0.5) is 0 Å². The van der Waals surface area contributed by atoms with E-state index in [2.05, 4.69) is 24.4 Å². The van der Waals surface area contributed by atoms with Crippen molar-refractivity contribution in [2.24, 2.45) is 0 Å². The molecule has 1 aliphatic rings. The minimum Gasteiger partial charge on any atom is -0.494 e. The molecule has 2 unspecified atom stereocenters. The minimum atomic E-state index is 0.163. The Morgan fingerprint density at radius 2 is 2.00 bits per heavy atom. The predicted octanol–water partition coefficient (Wildman–Crippen LogP) is 2.47. The fourth-order valence-electron chi connectivity index (χ4n) is 2.42. The highest BCUT2D eigenvalue weighted by atomic mass is 16.5. The fraction of sp³-hybridized carbons (Fsp3) is 0.500. The van der Waals surface area contributed by atoms with Crippen molar-refractivity contribution >= 4 is 5.91 Å². The first-order valence-corrected chi connectivity index (χ1v) is 6.26. The zero-order valence-corrected chi connectivity index (χ0v) is 10.4. The van der Waals surface area contributed by atoms with Crippen molar-refractivity contribution in [3.05, 3.63) is 29.8 Å². The molecule has 1 amide bonds. The molecule has 0 saturated carbocycles. The molecule has 3 nitrogen and oxygen atoms in total. The van der Waals surface area contributed by atoms with Gasteiger partial charge in [-0.2, -0.15) is 0 Å². The van der Waals surface area contributed by atoms with Crippen LogP contribution >= 0.6 is 0 Å². The summed E-state index contributed by atoms with van der Waals surface area (Å²) in [5, 5.41) is 3.02. The van der Waals surface area contributed by atoms with Crippen LogP contribution in [0.25, 0.3) is 0 Å². The number of amides is 1. The number of rotatable bonds is 4. The summed E-state index contributed by atoms with van der Waals surface area (Å²) in [6, 6.07) is 8.38. The molecule has 1 heterocycles. The molecular formula is C14H19NO2. The van der Waals surface area contributed by atoms with Gasteiger partial charge in [0.15, 0.2) is 0 Å². The van der Waals surface area contributed by atoms with E-state index in [4.69, 9.17) is 4.74 Å². The Kier molecular flexibility index (Phi) is 3.67. The maximum absolute atomic E-state index is 11.4. The first-order valence-electron chi connectivity index (χ1n) is 6.26. The topological polar surface area (TPSA) is 38.3 Å². The summed E-state index contributed by atoms with van der Waals surface area (Å²) in [5.74, 6) is 1.36. The van der Waals surface area contributed by atoms with Crippen LogP contribution in [0.15, 0.2) is 24.3 Å². The predicted molar refractivity (Wildman–Crippen MR) is 67.2 cm³/mol. The Morgan fingerprint density at radius 3 is 2.59 bits per heavy atom. The summed E-state index contributed by atoms with van der Waals surface area (Å²) < 4.78 is 5.42. The van der Waals surface area contributed by atoms with E-state index in [1.54, 1.807) is 0 Å². The number of ether oxygens (including phenoxy) is 1. The van der Waals surface area contributed by atoms with Gasteiger partial charge in [0.25, 0.3) is 0 Å². The Hall–Kier alpha value is -1.51. The third-order valence-corrected chi connectivity index (χ3v) is 3.30. The molecule has 1 aliphatic heterocycles. The highest BCUT2D eigenvalue weighted by Crippen LogP contribution is 2.30. The van der Waals surface area contributed by atoms with Crippen molar-refractivity contribution in [2.45, 2.75) is 38.6 Å². The second kappa shape index (κ2) is 5.21. The quantitative estimate of drug-likeness (QED) is 0.867. The zero-order chi connectivity index (χ0) is 12.3. The Balaban J connectivity index is 2.13. The van der Waals surface area contributed by atoms with E-state index in [0.717, 1.165) is 12.2 Å². The van der Waals surface area contributed by atoms with Gasteiger partial charge >= 0.3 is 0 Å². The van der Waals surface area contributed by atoms with Crippen molar-refractivity contribution in [3.8, 4) is 5.75 Å². The van der Waals surface area contributed by atoms with Crippen LogP contribution in [0.1, 0.15) is 38.2 Å². The van der Waals surface area contributed by atoms with Gasteiger partial charge < -0.3 is 10.1 Å². The number of hydrogen-bond donors (Lipinski definition) is 1. The highest BCUT2D eigenvalue weighted by molar-refractivity contribution is 5.80. The van der Waals surface area contributed by atoms with Gasteiger partial charge in [0.05, 0.1) is 6.61 Å². The van der Waals surface area contributed by atoms with Crippen LogP contribution in [0.2, 0.25) is 0 Å². The molecule has 0 aliphatic carbocycles. The van der Waals surface area contributed by atoms with Crippen LogP contribution in [0.3, 0.4) is 0 Å². The monoisotopic (exact) mass is 233 g/mol. The Bertz CT molecular complexity index is 386. The van der Waals surface area contributed by atoms with Gasteiger partial charge in [-0.3, -0.25) is 4.79 Å². The fourth-order valence-corrected chi connectivity index (χ4v) is 2.42. The normalized spacial score (nSPS) is 23.5. The van der Waals surface area contributed by atoms with Gasteiger partial charge in [-0.1, -0.05) is 19.1 Å². The van der Waals surface area contributed by atoms with Crippen LogP contribution in [0, 0.1) is 0 Å². The Morgan fingerprint density at radius 1 is 1.29 bits per heavy atom. The van der Waals surface area contributed by atoms with Crippen LogP contribution in [0.5, 0.6) is 5.75 Å². The van der Waals surface area contributed by atoms with Gasteiger partial charge in [-0.05, 0) is 31.0 Å². The van der Waals surface area contributed by atoms with E-state index in [1.807, 2.05) is 19.1 Å². The van der Waals surface area contributed by atoms with Crippen molar-refractivity contribution in [1.29, 1.82) is 0 Å². The summed E-state index contributed by atoms with van der Waals surface area (Å²) in [6.07, 6.45) is 1.58. The third kappa shape index (κ3) is 2.60. The maximum atomic E-state index is 11.4. The van der Waals surface area contributed by atoms with Crippen molar-refractivity contribution < 1.29 is 9.53 Å². The largest absolute Gasteiger partial charge is 0.494 e. The van der Waals surface area contributed by atoms with Gasteiger partial charge in [0.2, 0.25) is 5.91 Å². The number of carbonyl (C=O) groups is 1. The van der Waals surface area contributed by atoms with E-state index in [0.29, 0.717) is 18.9 Å². The summed E-state index contributed by atoms with van der Waals surface area (Å²) in [5.41, 5.74) is 1.22. The van der Waals surface area contributed by atoms with Gasteiger partial charge in [-0.15, -0.1) is 0 Å². The standard InChI is InChI=1S/C14H19NO2/c1-3-13-12(9-14(16)15-13)10-5-7-11(8-6-10)17-4-2/h5-8,12-13H,3-4,9H2,1-2H3,(H,15,16). The molecule has 0 bridgehead atoms. The molecule has 1 N–H and O–H groups in total. The molecule has 3 heteroatoms. The molecule has 1 aromatic rings. The Labute approximate surface area is 102 Å². The molecule has 0 aromatic heterocycles. The lowest BCUT2D eigenvalue weighted by atomic mass is 9.90. The zero-order valence-electron chi connectivity index (χ0n) is 10.4. The minimum absolute atomic E-state index is 0.163. The molecule has 2 rings (SSSR count). The second-order valence-corrected chi connectivity index (χ2v) is 4.39. The molecule has 92 valence electrons. The van der Waals surface area contributed by atoms with Gasteiger partial charge in [0, 0.05) is 18.4 Å². The molecule has 1 aromatic carbocycles. The van der Waals surface area contributed by atoms with Crippen LogP contribution in [-0.4, -0.2) is 18.6 Å². The maximum Gasteiger partial charge on any atom is 0.220 e. The van der Waals surface area contributed by atoms with E-state index < -0.39 is 0 Å². The molecule has 0 radical (unpaired) electrons. The molecule has 1 saturated heterocycles. The van der Waals surface area contributed by atoms with Crippen LogP contribution < -0.4 is 10.1 Å². The van der Waals surface area contributed by atoms with Crippen LogP contribution in [-0.2, 0) is 4.79 Å². The van der Waals surface area contributed by atoms with Crippen molar-refractivity contribution in [1.82, 2.24) is 5.32 Å². The lowest BCUT2D eigenvalue weighted by molar-refractivity contribution is -0.119. The molecular weight excluding hydrogens is 214 g/mol. The smallest absolute Gasteiger partial charge is 0.220 e. The number of nitrogens with one attached hydrogen (secondary N) is 1. The lowest BCUT2D eigenvalue weighted by Crippen LogP contribution is -2.27. The van der Waals surface area contributed by atoms with Crippen molar-refractivity contribution in [3.63, 3.8) is 0 Å².